The van der Waals surface area contributed by atoms with Gasteiger partial charge in [0.05, 0.1) is 11.4 Å². The molecule has 0 spiro atoms. The summed E-state index contributed by atoms with van der Waals surface area (Å²) in [5, 5.41) is 6.27. The van der Waals surface area contributed by atoms with Gasteiger partial charge in [0, 0.05) is 11.2 Å². The molecule has 10 heteroatoms. The number of rotatable bonds is 9. The Morgan fingerprint density at radius 3 is 2.45 bits per heavy atom. The Balaban J connectivity index is 1.29. The van der Waals surface area contributed by atoms with Gasteiger partial charge in [-0.15, -0.1) is 0 Å². The molecule has 0 unspecified atom stereocenters. The molecule has 2 heterocycles. The molecule has 0 saturated heterocycles. The Morgan fingerprint density at radius 1 is 0.976 bits per heavy atom. The SMILES string of the molecule is CNC1(C/C=C/C(=O)Nc2cccc(-n3c(=O)n(-c4ccc(Oc5ccccc5)cc4)c4c(N)ncnc43)c2)CCC1. The van der Waals surface area contributed by atoms with Crippen LogP contribution in [0.3, 0.4) is 0 Å². The third kappa shape index (κ3) is 5.27. The van der Waals surface area contributed by atoms with Crippen LogP contribution in [0, 0.1) is 0 Å². The fraction of sp³-hybridized carbons (Fsp3) is 0.188. The van der Waals surface area contributed by atoms with E-state index >= 15 is 0 Å². The lowest BCUT2D eigenvalue weighted by atomic mass is 9.74. The van der Waals surface area contributed by atoms with E-state index in [1.807, 2.05) is 43.5 Å². The summed E-state index contributed by atoms with van der Waals surface area (Å²) in [6, 6.07) is 23.6. The summed E-state index contributed by atoms with van der Waals surface area (Å²) in [7, 11) is 1.96. The van der Waals surface area contributed by atoms with Crippen LogP contribution in [0.5, 0.6) is 11.5 Å². The largest absolute Gasteiger partial charge is 0.457 e. The molecule has 3 aromatic carbocycles. The van der Waals surface area contributed by atoms with Crippen LogP contribution in [-0.4, -0.2) is 37.6 Å². The minimum atomic E-state index is -0.379. The molecule has 4 N–H and O–H groups in total. The average Bonchev–Trinajstić information content (AvgIpc) is 3.28. The number of nitrogens with zero attached hydrogens (tertiary/aromatic N) is 4. The first-order valence-electron chi connectivity index (χ1n) is 13.8. The van der Waals surface area contributed by atoms with Crippen LogP contribution in [0.2, 0.25) is 0 Å². The highest BCUT2D eigenvalue weighted by Crippen LogP contribution is 2.34. The summed E-state index contributed by atoms with van der Waals surface area (Å²) in [5.74, 6) is 1.26. The maximum atomic E-state index is 13.9. The van der Waals surface area contributed by atoms with Gasteiger partial charge in [-0.1, -0.05) is 30.3 Å². The Morgan fingerprint density at radius 2 is 1.74 bits per heavy atom. The Bertz CT molecular complexity index is 1820. The van der Waals surface area contributed by atoms with Crippen molar-refractivity contribution in [2.75, 3.05) is 18.1 Å². The minimum Gasteiger partial charge on any atom is -0.457 e. The molecule has 0 atom stereocenters. The van der Waals surface area contributed by atoms with Crippen molar-refractivity contribution >= 4 is 28.6 Å². The molecule has 1 aliphatic carbocycles. The van der Waals surface area contributed by atoms with E-state index in [1.165, 1.54) is 21.9 Å². The second-order valence-corrected chi connectivity index (χ2v) is 10.3. The van der Waals surface area contributed by atoms with Crippen LogP contribution in [0.4, 0.5) is 11.5 Å². The van der Waals surface area contributed by atoms with Crippen molar-refractivity contribution in [3.63, 3.8) is 0 Å². The number of hydrogen-bond donors (Lipinski definition) is 3. The van der Waals surface area contributed by atoms with Gasteiger partial charge in [-0.05, 0) is 93.4 Å². The standard InChI is InChI=1S/C32H31N7O3/c1-34-32(18-7-19-32)17-6-12-27(40)37-22-8-5-9-24(20-22)39-30-28(29(33)35-21-36-30)38(31(39)41)23-13-15-26(16-14-23)42-25-10-3-2-4-11-25/h2-6,8-16,20-21,34H,7,17-19H2,1H3,(H,37,40)(H2,33,35,36)/b12-6+. The molecule has 5 aromatic rings. The molecule has 0 aliphatic heterocycles. The highest BCUT2D eigenvalue weighted by atomic mass is 16.5. The van der Waals surface area contributed by atoms with Gasteiger partial charge in [0.2, 0.25) is 5.91 Å². The van der Waals surface area contributed by atoms with Crippen molar-refractivity contribution < 1.29 is 9.53 Å². The Labute approximate surface area is 242 Å². The summed E-state index contributed by atoms with van der Waals surface area (Å²) in [4.78, 5) is 35.1. The van der Waals surface area contributed by atoms with E-state index in [4.69, 9.17) is 10.5 Å². The van der Waals surface area contributed by atoms with Crippen molar-refractivity contribution in [2.24, 2.45) is 0 Å². The van der Waals surface area contributed by atoms with E-state index in [9.17, 15) is 9.59 Å². The van der Waals surface area contributed by atoms with Crippen molar-refractivity contribution in [1.82, 2.24) is 24.4 Å². The minimum absolute atomic E-state index is 0.102. The summed E-state index contributed by atoms with van der Waals surface area (Å²) >= 11 is 0. The average molecular weight is 562 g/mol. The second-order valence-electron chi connectivity index (χ2n) is 10.3. The number of para-hydroxylation sites is 1. The number of amides is 1. The van der Waals surface area contributed by atoms with E-state index in [0.29, 0.717) is 39.7 Å². The topological polar surface area (TPSA) is 129 Å². The molecule has 42 heavy (non-hydrogen) atoms. The van der Waals surface area contributed by atoms with Crippen molar-refractivity contribution in [3.8, 4) is 22.9 Å². The maximum Gasteiger partial charge on any atom is 0.339 e. The van der Waals surface area contributed by atoms with Crippen LogP contribution < -0.4 is 26.8 Å². The van der Waals surface area contributed by atoms with Crippen LogP contribution in [0.25, 0.3) is 22.5 Å². The van der Waals surface area contributed by atoms with Gasteiger partial charge in [-0.2, -0.15) is 0 Å². The van der Waals surface area contributed by atoms with Crippen LogP contribution >= 0.6 is 0 Å². The number of benzene rings is 3. The molecule has 1 aliphatic rings. The zero-order valence-electron chi connectivity index (χ0n) is 23.2. The van der Waals surface area contributed by atoms with Gasteiger partial charge in [0.1, 0.15) is 23.3 Å². The van der Waals surface area contributed by atoms with Gasteiger partial charge in [-0.25, -0.2) is 19.3 Å². The molecule has 0 radical (unpaired) electrons. The third-order valence-electron chi connectivity index (χ3n) is 7.71. The molecule has 212 valence electrons. The number of nitrogen functional groups attached to an aromatic ring is 1. The van der Waals surface area contributed by atoms with Gasteiger partial charge in [0.15, 0.2) is 11.5 Å². The number of carbonyl (C=O) groups excluding carboxylic acids is 1. The van der Waals surface area contributed by atoms with Crippen LogP contribution in [-0.2, 0) is 4.79 Å². The second kappa shape index (κ2) is 11.3. The number of aromatic nitrogens is 4. The molecule has 0 bridgehead atoms. The number of fused-ring (bicyclic) bond motifs is 1. The zero-order chi connectivity index (χ0) is 29.1. The predicted octanol–water partition coefficient (Wildman–Crippen LogP) is 4.97. The van der Waals surface area contributed by atoms with Crippen molar-refractivity contribution in [1.29, 1.82) is 0 Å². The molecular formula is C32H31N7O3. The summed E-state index contributed by atoms with van der Waals surface area (Å²) in [5.41, 5.74) is 8.36. The molecule has 1 amide bonds. The highest BCUT2D eigenvalue weighted by Gasteiger charge is 2.33. The molecule has 1 saturated carbocycles. The van der Waals surface area contributed by atoms with Gasteiger partial charge < -0.3 is 21.1 Å². The van der Waals surface area contributed by atoms with Gasteiger partial charge in [-0.3, -0.25) is 9.36 Å². The van der Waals surface area contributed by atoms with E-state index in [2.05, 4.69) is 20.6 Å². The third-order valence-corrected chi connectivity index (χ3v) is 7.71. The number of nitrogens with one attached hydrogen (secondary N) is 2. The summed E-state index contributed by atoms with van der Waals surface area (Å²) in [6.45, 7) is 0. The fourth-order valence-corrected chi connectivity index (χ4v) is 5.27. The molecule has 6 rings (SSSR count). The normalized spacial score (nSPS) is 14.1. The van der Waals surface area contributed by atoms with Crippen molar-refractivity contribution in [2.45, 2.75) is 31.2 Å². The predicted molar refractivity (Wildman–Crippen MR) is 163 cm³/mol. The molecule has 10 nitrogen and oxygen atoms in total. The van der Waals surface area contributed by atoms with Gasteiger partial charge >= 0.3 is 5.69 Å². The lowest BCUT2D eigenvalue weighted by Gasteiger charge is -2.41. The lowest BCUT2D eigenvalue weighted by Crippen LogP contribution is -2.48. The molecule has 2 aromatic heterocycles. The Hall–Kier alpha value is -5.22. The van der Waals surface area contributed by atoms with E-state index < -0.39 is 0 Å². The first-order valence-corrected chi connectivity index (χ1v) is 13.8. The van der Waals surface area contributed by atoms with E-state index in [0.717, 1.165) is 19.3 Å². The molecule has 1 fully saturated rings. The first kappa shape index (κ1) is 27.0. The number of anilines is 2. The van der Waals surface area contributed by atoms with E-state index in [-0.39, 0.29) is 23.0 Å². The zero-order valence-corrected chi connectivity index (χ0v) is 23.2. The summed E-state index contributed by atoms with van der Waals surface area (Å²) in [6.07, 6.45) is 9.01. The van der Waals surface area contributed by atoms with Crippen LogP contribution in [0.15, 0.2) is 102 Å². The van der Waals surface area contributed by atoms with Crippen molar-refractivity contribution in [3.05, 3.63) is 108 Å². The Kier molecular flexibility index (Phi) is 7.28. The monoisotopic (exact) mass is 561 g/mol. The summed E-state index contributed by atoms with van der Waals surface area (Å²) < 4.78 is 8.84. The highest BCUT2D eigenvalue weighted by molar-refractivity contribution is 5.99. The van der Waals surface area contributed by atoms with Gasteiger partial charge in [0.25, 0.3) is 0 Å². The number of ether oxygens (including phenoxy) is 1. The number of carbonyl (C=O) groups is 1. The lowest BCUT2D eigenvalue weighted by molar-refractivity contribution is -0.111. The first-order chi connectivity index (χ1) is 20.5. The smallest absolute Gasteiger partial charge is 0.339 e. The molecular weight excluding hydrogens is 530 g/mol. The number of imidazole rings is 1. The quantitative estimate of drug-likeness (QED) is 0.217. The number of nitrogens with two attached hydrogens (primary N) is 1. The van der Waals surface area contributed by atoms with Crippen LogP contribution in [0.1, 0.15) is 25.7 Å². The van der Waals surface area contributed by atoms with E-state index in [1.54, 1.807) is 54.6 Å². The number of hydrogen-bond acceptors (Lipinski definition) is 7. The maximum absolute atomic E-state index is 13.9. The fourth-order valence-electron chi connectivity index (χ4n) is 5.27.